The van der Waals surface area contributed by atoms with E-state index in [1.165, 1.54) is 4.63 Å². The zero-order valence-electron chi connectivity index (χ0n) is 10.9. The molecular weight excluding hydrogens is 248 g/mol. The molecule has 8 nitrogen and oxygen atoms in total. The minimum atomic E-state index is -0.167. The number of nitrogens with zero attached hydrogens (tertiary/aromatic N) is 5. The topological polar surface area (TPSA) is 86.5 Å². The van der Waals surface area contributed by atoms with Crippen LogP contribution in [-0.4, -0.2) is 56.7 Å². The van der Waals surface area contributed by atoms with Crippen molar-refractivity contribution < 1.29 is 9.47 Å². The van der Waals surface area contributed by atoms with E-state index < -0.39 is 0 Å². The second-order valence-corrected chi connectivity index (χ2v) is 5.14. The molecule has 8 heteroatoms. The maximum absolute atomic E-state index is 5.91. The first-order chi connectivity index (χ1) is 9.12. The van der Waals surface area contributed by atoms with Crippen LogP contribution in [0.25, 0.3) is 5.65 Å². The van der Waals surface area contributed by atoms with Crippen LogP contribution in [0.3, 0.4) is 0 Å². The maximum atomic E-state index is 5.91. The van der Waals surface area contributed by atoms with Crippen LogP contribution in [0.5, 0.6) is 5.88 Å². The van der Waals surface area contributed by atoms with Crippen LogP contribution >= 0.6 is 0 Å². The van der Waals surface area contributed by atoms with Gasteiger partial charge in [-0.25, -0.2) is 0 Å². The van der Waals surface area contributed by atoms with Crippen LogP contribution in [0.2, 0.25) is 0 Å². The molecule has 0 aromatic carbocycles. The Labute approximate surface area is 110 Å². The second-order valence-electron chi connectivity index (χ2n) is 5.14. The number of hydrogen-bond acceptors (Lipinski definition) is 7. The number of tetrazole rings is 1. The van der Waals surface area contributed by atoms with Crippen LogP contribution in [0, 0.1) is 0 Å². The molecule has 102 valence electrons. The second kappa shape index (κ2) is 4.71. The molecule has 2 aromatic rings. The molecule has 0 saturated carbocycles. The van der Waals surface area contributed by atoms with Crippen LogP contribution in [0.1, 0.15) is 13.8 Å². The number of nitrogens with one attached hydrogen (secondary N) is 1. The molecule has 1 atom stereocenters. The molecule has 0 bridgehead atoms. The van der Waals surface area contributed by atoms with E-state index in [1.807, 2.05) is 0 Å². The summed E-state index contributed by atoms with van der Waals surface area (Å²) in [7, 11) is 0. The summed E-state index contributed by atoms with van der Waals surface area (Å²) >= 11 is 0. The van der Waals surface area contributed by atoms with Gasteiger partial charge in [0.25, 0.3) is 0 Å². The molecule has 0 spiro atoms. The lowest BCUT2D eigenvalue weighted by Crippen LogP contribution is -2.52. The molecule has 0 aliphatic carbocycles. The summed E-state index contributed by atoms with van der Waals surface area (Å²) in [5.41, 5.74) is 0.420. The molecule has 3 heterocycles. The highest BCUT2D eigenvalue weighted by molar-refractivity contribution is 5.34. The fourth-order valence-electron chi connectivity index (χ4n) is 2.05. The molecule has 0 radical (unpaired) electrons. The standard InChI is InChI=1S/C11H16N6O2/c1-11(2)7-12-5-8(19-11)6-18-10-4-3-9-13-15-16-17(9)14-10/h3-4,8,12H,5-7H2,1-2H3. The Morgan fingerprint density at radius 1 is 1.53 bits per heavy atom. The van der Waals surface area contributed by atoms with E-state index in [1.54, 1.807) is 12.1 Å². The van der Waals surface area contributed by atoms with E-state index in [4.69, 9.17) is 9.47 Å². The fraction of sp³-hybridized carbons (Fsp3) is 0.636. The number of rotatable bonds is 3. The molecule has 1 aliphatic rings. The van der Waals surface area contributed by atoms with Gasteiger partial charge in [-0.15, -0.1) is 14.8 Å². The first kappa shape index (κ1) is 12.2. The number of morpholine rings is 1. The third-order valence-electron chi connectivity index (χ3n) is 2.87. The summed E-state index contributed by atoms with van der Waals surface area (Å²) in [4.78, 5) is 0. The number of hydrogen-bond donors (Lipinski definition) is 1. The van der Waals surface area contributed by atoms with Crippen LogP contribution in [-0.2, 0) is 4.74 Å². The molecule has 2 aromatic heterocycles. The third-order valence-corrected chi connectivity index (χ3v) is 2.87. The Balaban J connectivity index is 1.62. The first-order valence-corrected chi connectivity index (χ1v) is 6.19. The quantitative estimate of drug-likeness (QED) is 0.811. The molecular formula is C11H16N6O2. The largest absolute Gasteiger partial charge is 0.474 e. The van der Waals surface area contributed by atoms with E-state index in [-0.39, 0.29) is 11.7 Å². The van der Waals surface area contributed by atoms with Crippen molar-refractivity contribution in [2.75, 3.05) is 19.7 Å². The Hall–Kier alpha value is -1.80. The minimum Gasteiger partial charge on any atom is -0.474 e. The number of aromatic nitrogens is 5. The summed E-state index contributed by atoms with van der Waals surface area (Å²) in [6, 6.07) is 3.50. The predicted octanol–water partition coefficient (Wildman–Crippen LogP) is -0.335. The maximum Gasteiger partial charge on any atom is 0.233 e. The summed E-state index contributed by atoms with van der Waals surface area (Å²) in [5, 5.41) is 18.5. The lowest BCUT2D eigenvalue weighted by Gasteiger charge is -2.36. The highest BCUT2D eigenvalue weighted by Crippen LogP contribution is 2.16. The smallest absolute Gasteiger partial charge is 0.233 e. The van der Waals surface area contributed by atoms with E-state index in [9.17, 15) is 0 Å². The SMILES string of the molecule is CC1(C)CNCC(COc2ccc3nnnn3n2)O1. The van der Waals surface area contributed by atoms with E-state index in [0.29, 0.717) is 18.1 Å². The van der Waals surface area contributed by atoms with Crippen molar-refractivity contribution in [2.24, 2.45) is 0 Å². The predicted molar refractivity (Wildman–Crippen MR) is 65.9 cm³/mol. The molecule has 0 amide bonds. The van der Waals surface area contributed by atoms with Crippen molar-refractivity contribution in [3.8, 4) is 5.88 Å². The highest BCUT2D eigenvalue weighted by atomic mass is 16.6. The van der Waals surface area contributed by atoms with Gasteiger partial charge < -0.3 is 14.8 Å². The van der Waals surface area contributed by atoms with Crippen molar-refractivity contribution in [2.45, 2.75) is 25.6 Å². The van der Waals surface area contributed by atoms with Crippen LogP contribution in [0.4, 0.5) is 0 Å². The average molecular weight is 264 g/mol. The van der Waals surface area contributed by atoms with E-state index in [0.717, 1.165) is 13.1 Å². The van der Waals surface area contributed by atoms with Crippen molar-refractivity contribution in [3.05, 3.63) is 12.1 Å². The van der Waals surface area contributed by atoms with Gasteiger partial charge in [-0.05, 0) is 30.3 Å². The summed E-state index contributed by atoms with van der Waals surface area (Å²) in [6.07, 6.45) is 0.00937. The monoisotopic (exact) mass is 264 g/mol. The number of ether oxygens (including phenoxy) is 2. The normalized spacial score (nSPS) is 22.5. The van der Waals surface area contributed by atoms with Crippen LogP contribution in [0.15, 0.2) is 12.1 Å². The van der Waals surface area contributed by atoms with E-state index >= 15 is 0 Å². The Morgan fingerprint density at radius 2 is 2.42 bits per heavy atom. The first-order valence-electron chi connectivity index (χ1n) is 6.19. The van der Waals surface area contributed by atoms with Gasteiger partial charge in [-0.3, -0.25) is 0 Å². The summed E-state index contributed by atoms with van der Waals surface area (Å²) in [5.74, 6) is 0.478. The van der Waals surface area contributed by atoms with Gasteiger partial charge in [0.2, 0.25) is 5.88 Å². The van der Waals surface area contributed by atoms with Gasteiger partial charge in [0.15, 0.2) is 5.65 Å². The van der Waals surface area contributed by atoms with Gasteiger partial charge in [-0.2, -0.15) is 0 Å². The van der Waals surface area contributed by atoms with Gasteiger partial charge in [0.05, 0.1) is 5.60 Å². The zero-order valence-corrected chi connectivity index (χ0v) is 10.9. The summed E-state index contributed by atoms with van der Waals surface area (Å²) < 4.78 is 12.9. The van der Waals surface area contributed by atoms with Crippen molar-refractivity contribution >= 4 is 5.65 Å². The lowest BCUT2D eigenvalue weighted by molar-refractivity contribution is -0.107. The summed E-state index contributed by atoms with van der Waals surface area (Å²) in [6.45, 7) is 6.17. The van der Waals surface area contributed by atoms with Crippen molar-refractivity contribution in [1.29, 1.82) is 0 Å². The van der Waals surface area contributed by atoms with Gasteiger partial charge in [-0.1, -0.05) is 0 Å². The van der Waals surface area contributed by atoms with Gasteiger partial charge >= 0.3 is 0 Å². The molecule has 1 saturated heterocycles. The molecule has 19 heavy (non-hydrogen) atoms. The van der Waals surface area contributed by atoms with Gasteiger partial charge in [0.1, 0.15) is 12.7 Å². The Bertz CT molecular complexity index is 569. The fourth-order valence-corrected chi connectivity index (χ4v) is 2.05. The zero-order chi connectivity index (χ0) is 13.3. The van der Waals surface area contributed by atoms with Crippen molar-refractivity contribution in [1.82, 2.24) is 30.6 Å². The molecule has 1 aliphatic heterocycles. The molecule has 3 rings (SSSR count). The van der Waals surface area contributed by atoms with Gasteiger partial charge in [0, 0.05) is 19.2 Å². The minimum absolute atomic E-state index is 0.00937. The Kier molecular flexibility index (Phi) is 3.03. The molecule has 1 N–H and O–H groups in total. The third kappa shape index (κ3) is 2.79. The average Bonchev–Trinajstić information content (AvgIpc) is 2.82. The van der Waals surface area contributed by atoms with Crippen molar-refractivity contribution in [3.63, 3.8) is 0 Å². The lowest BCUT2D eigenvalue weighted by atomic mass is 10.1. The Morgan fingerprint density at radius 3 is 3.26 bits per heavy atom. The highest BCUT2D eigenvalue weighted by Gasteiger charge is 2.28. The number of fused-ring (bicyclic) bond motifs is 1. The van der Waals surface area contributed by atoms with Crippen LogP contribution < -0.4 is 10.1 Å². The molecule has 1 fully saturated rings. The van der Waals surface area contributed by atoms with E-state index in [2.05, 4.69) is 39.8 Å². The molecule has 1 unspecified atom stereocenters.